The summed E-state index contributed by atoms with van der Waals surface area (Å²) in [4.78, 5) is 43.2. The van der Waals surface area contributed by atoms with Crippen molar-refractivity contribution in [1.82, 2.24) is 20.5 Å². The number of halogens is 1. The van der Waals surface area contributed by atoms with Crippen molar-refractivity contribution < 1.29 is 19.1 Å². The summed E-state index contributed by atoms with van der Waals surface area (Å²) >= 11 is 5.94. The first-order chi connectivity index (χ1) is 19.5. The van der Waals surface area contributed by atoms with E-state index in [4.69, 9.17) is 21.1 Å². The van der Waals surface area contributed by atoms with Gasteiger partial charge in [-0.2, -0.15) is 0 Å². The van der Waals surface area contributed by atoms with Crippen LogP contribution in [0.5, 0.6) is 0 Å². The number of pyridine rings is 1. The van der Waals surface area contributed by atoms with E-state index >= 15 is 0 Å². The second-order valence-corrected chi connectivity index (χ2v) is 10.3. The molecule has 3 heterocycles. The molecule has 2 aliphatic rings. The number of carbonyl (C=O) groups excluding carboxylic acids is 2. The van der Waals surface area contributed by atoms with Crippen molar-refractivity contribution >= 4 is 34.5 Å². The van der Waals surface area contributed by atoms with Crippen LogP contribution in [-0.2, 0) is 22.4 Å². The molecule has 2 aliphatic heterocycles. The fourth-order valence-electron chi connectivity index (χ4n) is 4.82. The van der Waals surface area contributed by atoms with Gasteiger partial charge in [0.25, 0.3) is 5.91 Å². The van der Waals surface area contributed by atoms with Crippen LogP contribution in [0.25, 0.3) is 10.9 Å². The van der Waals surface area contributed by atoms with Crippen molar-refractivity contribution in [3.63, 3.8) is 0 Å². The Balaban J connectivity index is 1.36. The molecule has 1 atom stereocenters. The van der Waals surface area contributed by atoms with E-state index in [-0.39, 0.29) is 17.0 Å². The Kier molecular flexibility index (Phi) is 9.01. The quantitative estimate of drug-likeness (QED) is 0.363. The molecule has 0 bridgehead atoms. The molecule has 40 heavy (non-hydrogen) atoms. The zero-order valence-electron chi connectivity index (χ0n) is 22.1. The lowest BCUT2D eigenvalue weighted by molar-refractivity contribution is 0.0342. The van der Waals surface area contributed by atoms with Gasteiger partial charge in [-0.3, -0.25) is 14.5 Å². The lowest BCUT2D eigenvalue weighted by Gasteiger charge is -2.26. The number of cyclic esters (lactones) is 1. The number of fused-ring (bicyclic) bond motifs is 1. The number of benzene rings is 2. The highest BCUT2D eigenvalue weighted by atomic mass is 35.5. The van der Waals surface area contributed by atoms with Crippen molar-refractivity contribution in [3.8, 4) is 11.8 Å². The third-order valence-electron chi connectivity index (χ3n) is 6.99. The van der Waals surface area contributed by atoms with Gasteiger partial charge in [-0.05, 0) is 48.2 Å². The number of aromatic nitrogens is 1. The summed E-state index contributed by atoms with van der Waals surface area (Å²) in [6, 6.07) is 11.2. The molecular formula is C30H31ClN4O5. The standard InChI is InChI=1S/C30H31ClN4O5/c31-23-7-5-20(6-8-23)9-10-32-29(37)26-17-33-27-22(3-1-2-4-24-19-40-30(38)34-24)15-21(16-25(27)28(26)36)18-35-11-13-39-14-12-35/h5-8,15-17,24H,2,4,9-14,18-19H2,(H,32,37)(H,33,36)(H,34,38)/t24-/m1/s1. The van der Waals surface area contributed by atoms with E-state index in [0.717, 1.165) is 24.2 Å². The molecular weight excluding hydrogens is 532 g/mol. The summed E-state index contributed by atoms with van der Waals surface area (Å²) in [5.74, 6) is 5.95. The Bertz CT molecular complexity index is 1500. The highest BCUT2D eigenvalue weighted by Gasteiger charge is 2.21. The minimum atomic E-state index is -0.427. The summed E-state index contributed by atoms with van der Waals surface area (Å²) in [5.41, 5.74) is 2.99. The Morgan fingerprint density at radius 1 is 1.12 bits per heavy atom. The number of ether oxygens (including phenoxy) is 2. The van der Waals surface area contributed by atoms with Gasteiger partial charge in [-0.1, -0.05) is 35.6 Å². The molecule has 10 heteroatoms. The number of hydrogen-bond donors (Lipinski definition) is 3. The first kappa shape index (κ1) is 27.7. The normalized spacial score (nSPS) is 17.1. The lowest BCUT2D eigenvalue weighted by Crippen LogP contribution is -2.35. The van der Waals surface area contributed by atoms with E-state index in [1.54, 1.807) is 0 Å². The first-order valence-corrected chi connectivity index (χ1v) is 13.8. The predicted octanol–water partition coefficient (Wildman–Crippen LogP) is 3.23. The Hall–Kier alpha value is -3.84. The summed E-state index contributed by atoms with van der Waals surface area (Å²) in [6.07, 6.45) is 2.90. The van der Waals surface area contributed by atoms with Crippen molar-refractivity contribution in [1.29, 1.82) is 0 Å². The minimum absolute atomic E-state index is 0.0493. The molecule has 9 nitrogen and oxygen atoms in total. The van der Waals surface area contributed by atoms with Crippen LogP contribution in [0.3, 0.4) is 0 Å². The molecule has 5 rings (SSSR count). The summed E-state index contributed by atoms with van der Waals surface area (Å²) in [5, 5.41) is 6.69. The van der Waals surface area contributed by atoms with Crippen molar-refractivity contribution in [2.24, 2.45) is 0 Å². The van der Waals surface area contributed by atoms with Crippen LogP contribution in [0.15, 0.2) is 47.4 Å². The number of hydrogen-bond acceptors (Lipinski definition) is 6. The average Bonchev–Trinajstić information content (AvgIpc) is 3.38. The third kappa shape index (κ3) is 7.02. The van der Waals surface area contributed by atoms with Crippen LogP contribution in [0.1, 0.15) is 39.9 Å². The topological polar surface area (TPSA) is 113 Å². The molecule has 0 aliphatic carbocycles. The molecule has 2 amide bonds. The summed E-state index contributed by atoms with van der Waals surface area (Å²) in [6.45, 7) is 4.33. The zero-order chi connectivity index (χ0) is 27.9. The number of morpholine rings is 1. The monoisotopic (exact) mass is 562 g/mol. The number of amides is 2. The SMILES string of the molecule is O=C1N[C@H](CCC#Cc2cc(CN3CCOCC3)cc3c(=O)c(C(=O)NCCc4ccc(Cl)cc4)c[nH]c23)CO1. The minimum Gasteiger partial charge on any atom is -0.447 e. The lowest BCUT2D eigenvalue weighted by atomic mass is 10.0. The fraction of sp³-hybridized carbons (Fsp3) is 0.367. The second-order valence-electron chi connectivity index (χ2n) is 9.90. The highest BCUT2D eigenvalue weighted by Crippen LogP contribution is 2.19. The number of nitrogens with zero attached hydrogens (tertiary/aromatic N) is 1. The highest BCUT2D eigenvalue weighted by molar-refractivity contribution is 6.30. The second kappa shape index (κ2) is 13.0. The summed E-state index contributed by atoms with van der Waals surface area (Å²) < 4.78 is 10.4. The number of H-pyrrole nitrogens is 1. The van der Waals surface area contributed by atoms with Gasteiger partial charge in [-0.25, -0.2) is 4.79 Å². The average molecular weight is 563 g/mol. The zero-order valence-corrected chi connectivity index (χ0v) is 22.8. The molecule has 0 unspecified atom stereocenters. The maximum absolute atomic E-state index is 13.5. The molecule has 2 fully saturated rings. The van der Waals surface area contributed by atoms with Gasteiger partial charge in [-0.15, -0.1) is 0 Å². The number of rotatable bonds is 8. The van der Waals surface area contributed by atoms with Crippen LogP contribution in [0.2, 0.25) is 5.02 Å². The number of nitrogens with one attached hydrogen (secondary N) is 3. The Morgan fingerprint density at radius 3 is 2.67 bits per heavy atom. The van der Waals surface area contributed by atoms with E-state index in [1.807, 2.05) is 36.4 Å². The van der Waals surface area contributed by atoms with Crippen molar-refractivity contribution in [2.75, 3.05) is 39.5 Å². The number of carbonyl (C=O) groups is 2. The molecule has 2 saturated heterocycles. The van der Waals surface area contributed by atoms with E-state index in [2.05, 4.69) is 32.4 Å². The van der Waals surface area contributed by atoms with Crippen LogP contribution < -0.4 is 16.1 Å². The van der Waals surface area contributed by atoms with E-state index < -0.39 is 12.0 Å². The van der Waals surface area contributed by atoms with Gasteiger partial charge in [0, 0.05) is 54.8 Å². The van der Waals surface area contributed by atoms with Gasteiger partial charge >= 0.3 is 6.09 Å². The molecule has 208 valence electrons. The van der Waals surface area contributed by atoms with Gasteiger partial charge in [0.2, 0.25) is 5.43 Å². The number of aromatic amines is 1. The molecule has 0 radical (unpaired) electrons. The molecule has 0 spiro atoms. The Labute approximate surface area is 237 Å². The molecule has 3 N–H and O–H groups in total. The molecule has 1 aromatic heterocycles. The fourth-order valence-corrected chi connectivity index (χ4v) is 4.95. The number of alkyl carbamates (subject to hydrolysis) is 1. The van der Waals surface area contributed by atoms with Crippen molar-refractivity contribution in [3.05, 3.63) is 80.1 Å². The third-order valence-corrected chi connectivity index (χ3v) is 7.25. The van der Waals surface area contributed by atoms with Crippen LogP contribution in [0.4, 0.5) is 4.79 Å². The van der Waals surface area contributed by atoms with Crippen LogP contribution in [-0.4, -0.2) is 67.4 Å². The van der Waals surface area contributed by atoms with Gasteiger partial charge < -0.3 is 25.1 Å². The molecule has 3 aromatic rings. The van der Waals surface area contributed by atoms with Crippen LogP contribution >= 0.6 is 11.6 Å². The van der Waals surface area contributed by atoms with Gasteiger partial charge in [0.05, 0.1) is 24.8 Å². The van der Waals surface area contributed by atoms with E-state index in [9.17, 15) is 14.4 Å². The predicted molar refractivity (Wildman–Crippen MR) is 153 cm³/mol. The molecule has 2 aromatic carbocycles. The van der Waals surface area contributed by atoms with E-state index in [0.29, 0.717) is 73.7 Å². The van der Waals surface area contributed by atoms with Crippen molar-refractivity contribution in [2.45, 2.75) is 31.8 Å². The smallest absolute Gasteiger partial charge is 0.407 e. The molecule has 0 saturated carbocycles. The largest absolute Gasteiger partial charge is 0.447 e. The Morgan fingerprint density at radius 2 is 1.93 bits per heavy atom. The van der Waals surface area contributed by atoms with Crippen LogP contribution in [0, 0.1) is 11.8 Å². The summed E-state index contributed by atoms with van der Waals surface area (Å²) in [7, 11) is 0. The van der Waals surface area contributed by atoms with Gasteiger partial charge in [0.15, 0.2) is 0 Å². The first-order valence-electron chi connectivity index (χ1n) is 13.4. The maximum Gasteiger partial charge on any atom is 0.407 e. The van der Waals surface area contributed by atoms with Gasteiger partial charge in [0.1, 0.15) is 12.2 Å². The van der Waals surface area contributed by atoms with E-state index in [1.165, 1.54) is 6.20 Å². The maximum atomic E-state index is 13.5.